The molecule has 1 heteroatoms. The van der Waals surface area contributed by atoms with E-state index in [-0.39, 0.29) is 0 Å². The summed E-state index contributed by atoms with van der Waals surface area (Å²) in [5.74, 6) is 1.92. The van der Waals surface area contributed by atoms with Gasteiger partial charge in [-0.15, -0.1) is 0 Å². The standard InChI is InChI=1S/C17H35N/c1-3-4-5-6-7-8-9-10-11-12-16(2)17-13-14-18-15-17/h16-18H,3-15H2,1-2H3. The number of unbranched alkanes of at least 4 members (excludes halogenated alkanes) is 8. The average Bonchev–Trinajstić information content (AvgIpc) is 2.90. The van der Waals surface area contributed by atoms with Gasteiger partial charge < -0.3 is 5.32 Å². The zero-order chi connectivity index (χ0) is 13.1. The molecule has 0 aliphatic carbocycles. The molecule has 0 aromatic rings. The highest BCUT2D eigenvalue weighted by Gasteiger charge is 2.20. The first-order chi connectivity index (χ1) is 8.84. The van der Waals surface area contributed by atoms with Crippen LogP contribution in [0.25, 0.3) is 0 Å². The van der Waals surface area contributed by atoms with Crippen molar-refractivity contribution in [3.8, 4) is 0 Å². The molecule has 1 saturated heterocycles. The molecular formula is C17H35N. The van der Waals surface area contributed by atoms with Gasteiger partial charge >= 0.3 is 0 Å². The molecule has 1 aliphatic rings. The van der Waals surface area contributed by atoms with Gasteiger partial charge in [-0.05, 0) is 31.3 Å². The van der Waals surface area contributed by atoms with Crippen molar-refractivity contribution in [1.82, 2.24) is 5.32 Å². The van der Waals surface area contributed by atoms with E-state index in [2.05, 4.69) is 19.2 Å². The van der Waals surface area contributed by atoms with Crippen LogP contribution in [-0.2, 0) is 0 Å². The third-order valence-corrected chi connectivity index (χ3v) is 4.67. The summed E-state index contributed by atoms with van der Waals surface area (Å²) >= 11 is 0. The maximum absolute atomic E-state index is 3.49. The van der Waals surface area contributed by atoms with E-state index in [0.717, 1.165) is 11.8 Å². The SMILES string of the molecule is CCCCCCCCCCCC(C)C1CCNC1. The van der Waals surface area contributed by atoms with Crippen LogP contribution in [0.1, 0.15) is 84.5 Å². The summed E-state index contributed by atoms with van der Waals surface area (Å²) in [6, 6.07) is 0. The molecule has 2 atom stereocenters. The van der Waals surface area contributed by atoms with Crippen LogP contribution >= 0.6 is 0 Å². The molecule has 1 N–H and O–H groups in total. The highest BCUT2D eigenvalue weighted by molar-refractivity contribution is 4.75. The quantitative estimate of drug-likeness (QED) is 0.502. The average molecular weight is 253 g/mol. The summed E-state index contributed by atoms with van der Waals surface area (Å²) in [6.07, 6.45) is 16.0. The van der Waals surface area contributed by atoms with E-state index < -0.39 is 0 Å². The Hall–Kier alpha value is -0.0400. The predicted octanol–water partition coefficient (Wildman–Crippen LogP) is 5.15. The van der Waals surface area contributed by atoms with Crippen molar-refractivity contribution in [3.63, 3.8) is 0 Å². The molecule has 2 unspecified atom stereocenters. The Kier molecular flexibility index (Phi) is 9.65. The molecule has 1 fully saturated rings. The number of nitrogens with one attached hydrogen (secondary N) is 1. The van der Waals surface area contributed by atoms with Crippen LogP contribution < -0.4 is 5.32 Å². The minimum absolute atomic E-state index is 0.949. The van der Waals surface area contributed by atoms with Crippen molar-refractivity contribution in [2.75, 3.05) is 13.1 Å². The lowest BCUT2D eigenvalue weighted by molar-refractivity contribution is 0.349. The van der Waals surface area contributed by atoms with E-state index in [0.29, 0.717) is 0 Å². The van der Waals surface area contributed by atoms with E-state index in [1.165, 1.54) is 83.7 Å². The Balaban J connectivity index is 1.80. The minimum atomic E-state index is 0.949. The van der Waals surface area contributed by atoms with Gasteiger partial charge in [-0.3, -0.25) is 0 Å². The topological polar surface area (TPSA) is 12.0 Å². The Morgan fingerprint density at radius 2 is 1.56 bits per heavy atom. The van der Waals surface area contributed by atoms with Crippen LogP contribution in [0.3, 0.4) is 0 Å². The van der Waals surface area contributed by atoms with Crippen molar-refractivity contribution in [2.24, 2.45) is 11.8 Å². The summed E-state index contributed by atoms with van der Waals surface area (Å²) in [5, 5.41) is 3.49. The van der Waals surface area contributed by atoms with Gasteiger partial charge in [-0.1, -0.05) is 78.1 Å². The number of hydrogen-bond acceptors (Lipinski definition) is 1. The third-order valence-electron chi connectivity index (χ3n) is 4.67. The number of rotatable bonds is 11. The van der Waals surface area contributed by atoms with Crippen molar-refractivity contribution in [1.29, 1.82) is 0 Å². The van der Waals surface area contributed by atoms with Gasteiger partial charge in [0.25, 0.3) is 0 Å². The normalized spacial score (nSPS) is 21.3. The lowest BCUT2D eigenvalue weighted by Crippen LogP contribution is -2.15. The van der Waals surface area contributed by atoms with Crippen LogP contribution in [0.5, 0.6) is 0 Å². The van der Waals surface area contributed by atoms with Crippen LogP contribution in [0.15, 0.2) is 0 Å². The fraction of sp³-hybridized carbons (Fsp3) is 1.00. The highest BCUT2D eigenvalue weighted by atomic mass is 14.9. The molecule has 0 aromatic heterocycles. The molecule has 0 amide bonds. The highest BCUT2D eigenvalue weighted by Crippen LogP contribution is 2.24. The first kappa shape index (κ1) is 16.0. The summed E-state index contributed by atoms with van der Waals surface area (Å²) in [5.41, 5.74) is 0. The monoisotopic (exact) mass is 253 g/mol. The van der Waals surface area contributed by atoms with E-state index in [9.17, 15) is 0 Å². The van der Waals surface area contributed by atoms with Gasteiger partial charge in [-0.2, -0.15) is 0 Å². The second-order valence-corrected chi connectivity index (χ2v) is 6.35. The van der Waals surface area contributed by atoms with Crippen LogP contribution in [0.2, 0.25) is 0 Å². The maximum Gasteiger partial charge on any atom is -0.00175 e. The van der Waals surface area contributed by atoms with E-state index in [1.54, 1.807) is 0 Å². The fourth-order valence-corrected chi connectivity index (χ4v) is 3.18. The molecule has 1 heterocycles. The summed E-state index contributed by atoms with van der Waals surface area (Å²) in [4.78, 5) is 0. The largest absolute Gasteiger partial charge is 0.316 e. The van der Waals surface area contributed by atoms with Crippen LogP contribution in [-0.4, -0.2) is 13.1 Å². The Labute approximate surface area is 115 Å². The second-order valence-electron chi connectivity index (χ2n) is 6.35. The van der Waals surface area contributed by atoms with Gasteiger partial charge in [-0.25, -0.2) is 0 Å². The Bertz CT molecular complexity index is 172. The third kappa shape index (κ3) is 7.41. The molecule has 0 bridgehead atoms. The molecule has 108 valence electrons. The van der Waals surface area contributed by atoms with Crippen molar-refractivity contribution in [3.05, 3.63) is 0 Å². The number of hydrogen-bond donors (Lipinski definition) is 1. The molecule has 18 heavy (non-hydrogen) atoms. The first-order valence-corrected chi connectivity index (χ1v) is 8.55. The van der Waals surface area contributed by atoms with Gasteiger partial charge in [0, 0.05) is 0 Å². The second kappa shape index (κ2) is 10.8. The van der Waals surface area contributed by atoms with Crippen LogP contribution in [0.4, 0.5) is 0 Å². The van der Waals surface area contributed by atoms with Gasteiger partial charge in [0.2, 0.25) is 0 Å². The lowest BCUT2D eigenvalue weighted by atomic mass is 9.88. The van der Waals surface area contributed by atoms with E-state index in [4.69, 9.17) is 0 Å². The van der Waals surface area contributed by atoms with Crippen molar-refractivity contribution in [2.45, 2.75) is 84.5 Å². The Morgan fingerprint density at radius 1 is 0.944 bits per heavy atom. The minimum Gasteiger partial charge on any atom is -0.316 e. The Morgan fingerprint density at radius 3 is 2.11 bits per heavy atom. The molecule has 1 nitrogen and oxygen atoms in total. The lowest BCUT2D eigenvalue weighted by Gasteiger charge is -2.17. The fourth-order valence-electron chi connectivity index (χ4n) is 3.18. The van der Waals surface area contributed by atoms with Crippen LogP contribution in [0, 0.1) is 11.8 Å². The maximum atomic E-state index is 3.49. The molecule has 0 saturated carbocycles. The van der Waals surface area contributed by atoms with Gasteiger partial charge in [0.05, 0.1) is 0 Å². The summed E-state index contributed by atoms with van der Waals surface area (Å²) in [6.45, 7) is 7.29. The summed E-state index contributed by atoms with van der Waals surface area (Å²) < 4.78 is 0. The molecule has 0 spiro atoms. The van der Waals surface area contributed by atoms with Gasteiger partial charge in [0.1, 0.15) is 0 Å². The van der Waals surface area contributed by atoms with Gasteiger partial charge in [0.15, 0.2) is 0 Å². The van der Waals surface area contributed by atoms with Crippen molar-refractivity contribution >= 4 is 0 Å². The zero-order valence-corrected chi connectivity index (χ0v) is 12.8. The molecule has 1 aliphatic heterocycles. The molecule has 1 rings (SSSR count). The zero-order valence-electron chi connectivity index (χ0n) is 12.8. The smallest absolute Gasteiger partial charge is 0.00175 e. The molecule has 0 aromatic carbocycles. The van der Waals surface area contributed by atoms with Crippen molar-refractivity contribution < 1.29 is 0 Å². The predicted molar refractivity (Wildman–Crippen MR) is 82.0 cm³/mol. The van der Waals surface area contributed by atoms with E-state index in [1.807, 2.05) is 0 Å². The molecule has 0 radical (unpaired) electrons. The first-order valence-electron chi connectivity index (χ1n) is 8.55. The summed E-state index contributed by atoms with van der Waals surface area (Å²) in [7, 11) is 0. The van der Waals surface area contributed by atoms with E-state index >= 15 is 0 Å². The molecular weight excluding hydrogens is 218 g/mol.